The SMILES string of the molecule is CCN1CCCC(N2CC(C3CC3)NCC2C(C)C)C1. The van der Waals surface area contributed by atoms with E-state index in [1.165, 1.54) is 58.4 Å². The maximum atomic E-state index is 3.85. The van der Waals surface area contributed by atoms with E-state index in [2.05, 4.69) is 35.9 Å². The summed E-state index contributed by atoms with van der Waals surface area (Å²) >= 11 is 0. The Morgan fingerprint density at radius 2 is 1.95 bits per heavy atom. The average molecular weight is 279 g/mol. The first-order valence-electron chi connectivity index (χ1n) is 8.90. The molecule has 2 aliphatic heterocycles. The first-order valence-corrected chi connectivity index (χ1v) is 8.90. The fourth-order valence-electron chi connectivity index (χ4n) is 4.26. The second-order valence-corrected chi connectivity index (χ2v) is 7.55. The van der Waals surface area contributed by atoms with Gasteiger partial charge in [0.1, 0.15) is 0 Å². The molecule has 2 saturated heterocycles. The van der Waals surface area contributed by atoms with Crippen molar-refractivity contribution < 1.29 is 0 Å². The molecule has 3 rings (SSSR count). The zero-order valence-corrected chi connectivity index (χ0v) is 13.6. The second-order valence-electron chi connectivity index (χ2n) is 7.55. The number of piperidine rings is 1. The van der Waals surface area contributed by atoms with Crippen molar-refractivity contribution in [3.63, 3.8) is 0 Å². The molecule has 3 nitrogen and oxygen atoms in total. The fraction of sp³-hybridized carbons (Fsp3) is 1.00. The molecule has 0 amide bonds. The van der Waals surface area contributed by atoms with Gasteiger partial charge in [-0.15, -0.1) is 0 Å². The Morgan fingerprint density at radius 1 is 1.15 bits per heavy atom. The molecule has 20 heavy (non-hydrogen) atoms. The highest BCUT2D eigenvalue weighted by atomic mass is 15.3. The van der Waals surface area contributed by atoms with Gasteiger partial charge in [-0.25, -0.2) is 0 Å². The van der Waals surface area contributed by atoms with Crippen molar-refractivity contribution in [2.75, 3.05) is 32.7 Å². The molecule has 1 aliphatic carbocycles. The van der Waals surface area contributed by atoms with Gasteiger partial charge in [-0.3, -0.25) is 4.90 Å². The van der Waals surface area contributed by atoms with E-state index in [4.69, 9.17) is 0 Å². The lowest BCUT2D eigenvalue weighted by molar-refractivity contribution is 0.0159. The third kappa shape index (κ3) is 3.20. The summed E-state index contributed by atoms with van der Waals surface area (Å²) in [5.41, 5.74) is 0. The zero-order chi connectivity index (χ0) is 14.1. The number of rotatable bonds is 4. The van der Waals surface area contributed by atoms with E-state index in [0.717, 1.165) is 30.0 Å². The van der Waals surface area contributed by atoms with Gasteiger partial charge in [-0.1, -0.05) is 20.8 Å². The lowest BCUT2D eigenvalue weighted by Crippen LogP contribution is -2.64. The van der Waals surface area contributed by atoms with Crippen molar-refractivity contribution in [2.24, 2.45) is 11.8 Å². The fourth-order valence-corrected chi connectivity index (χ4v) is 4.26. The number of hydrogen-bond donors (Lipinski definition) is 1. The summed E-state index contributed by atoms with van der Waals surface area (Å²) in [5.74, 6) is 1.75. The highest BCUT2D eigenvalue weighted by molar-refractivity contribution is 4.98. The molecule has 0 aromatic heterocycles. The molecule has 3 heteroatoms. The van der Waals surface area contributed by atoms with Gasteiger partial charge in [0, 0.05) is 37.8 Å². The van der Waals surface area contributed by atoms with Crippen molar-refractivity contribution in [2.45, 2.75) is 64.6 Å². The highest BCUT2D eigenvalue weighted by Gasteiger charge is 2.40. The molecular weight excluding hydrogens is 246 g/mol. The summed E-state index contributed by atoms with van der Waals surface area (Å²) < 4.78 is 0. The summed E-state index contributed by atoms with van der Waals surface area (Å²) in [5, 5.41) is 3.85. The van der Waals surface area contributed by atoms with Crippen LogP contribution in [0.5, 0.6) is 0 Å². The molecule has 1 saturated carbocycles. The Labute approximate surface area is 125 Å². The number of likely N-dealkylation sites (tertiary alicyclic amines) is 1. The second kappa shape index (κ2) is 6.33. The van der Waals surface area contributed by atoms with E-state index < -0.39 is 0 Å². The molecule has 0 spiro atoms. The lowest BCUT2D eigenvalue weighted by Gasteiger charge is -2.49. The Morgan fingerprint density at radius 3 is 2.60 bits per heavy atom. The Balaban J connectivity index is 1.67. The van der Waals surface area contributed by atoms with Crippen LogP contribution in [0.15, 0.2) is 0 Å². The van der Waals surface area contributed by atoms with Gasteiger partial charge in [0.2, 0.25) is 0 Å². The van der Waals surface area contributed by atoms with Crippen molar-refractivity contribution >= 4 is 0 Å². The molecular formula is C17H33N3. The van der Waals surface area contributed by atoms with Crippen LogP contribution in [-0.4, -0.2) is 60.6 Å². The van der Waals surface area contributed by atoms with Crippen molar-refractivity contribution in [1.82, 2.24) is 15.1 Å². The maximum absolute atomic E-state index is 3.85. The normalized spacial score (nSPS) is 37.5. The molecule has 116 valence electrons. The number of nitrogens with one attached hydrogen (secondary N) is 1. The number of hydrogen-bond acceptors (Lipinski definition) is 3. The van der Waals surface area contributed by atoms with Crippen LogP contribution in [0.4, 0.5) is 0 Å². The Kier molecular flexibility index (Phi) is 4.68. The van der Waals surface area contributed by atoms with E-state index in [1.807, 2.05) is 0 Å². The van der Waals surface area contributed by atoms with Crippen LogP contribution >= 0.6 is 0 Å². The minimum Gasteiger partial charge on any atom is -0.311 e. The lowest BCUT2D eigenvalue weighted by atomic mass is 9.92. The maximum Gasteiger partial charge on any atom is 0.0247 e. The summed E-state index contributed by atoms with van der Waals surface area (Å²) in [6.45, 7) is 13.5. The van der Waals surface area contributed by atoms with E-state index in [0.29, 0.717) is 0 Å². The molecule has 3 atom stereocenters. The molecule has 3 fully saturated rings. The van der Waals surface area contributed by atoms with Crippen LogP contribution < -0.4 is 5.32 Å². The van der Waals surface area contributed by atoms with Crippen LogP contribution in [0.2, 0.25) is 0 Å². The van der Waals surface area contributed by atoms with Gasteiger partial charge in [0.05, 0.1) is 0 Å². The molecule has 0 radical (unpaired) electrons. The summed E-state index contributed by atoms with van der Waals surface area (Å²) in [6, 6.07) is 2.33. The van der Waals surface area contributed by atoms with Crippen LogP contribution in [0, 0.1) is 11.8 Å². The van der Waals surface area contributed by atoms with Gasteiger partial charge in [0.15, 0.2) is 0 Å². The van der Waals surface area contributed by atoms with Crippen molar-refractivity contribution in [3.8, 4) is 0 Å². The Bertz CT molecular complexity index is 313. The predicted molar refractivity (Wildman–Crippen MR) is 85.0 cm³/mol. The first-order chi connectivity index (χ1) is 9.69. The van der Waals surface area contributed by atoms with Crippen molar-refractivity contribution in [3.05, 3.63) is 0 Å². The van der Waals surface area contributed by atoms with Crippen molar-refractivity contribution in [1.29, 1.82) is 0 Å². The van der Waals surface area contributed by atoms with Gasteiger partial charge < -0.3 is 10.2 Å². The molecule has 1 N–H and O–H groups in total. The van der Waals surface area contributed by atoms with E-state index in [-0.39, 0.29) is 0 Å². The third-order valence-corrected chi connectivity index (χ3v) is 5.78. The largest absolute Gasteiger partial charge is 0.311 e. The van der Waals surface area contributed by atoms with Crippen LogP contribution in [0.25, 0.3) is 0 Å². The number of likely N-dealkylation sites (N-methyl/N-ethyl adjacent to an activating group) is 1. The molecule has 0 bridgehead atoms. The molecule has 3 aliphatic rings. The monoisotopic (exact) mass is 279 g/mol. The number of piperazine rings is 1. The van der Waals surface area contributed by atoms with Crippen LogP contribution in [0.3, 0.4) is 0 Å². The zero-order valence-electron chi connectivity index (χ0n) is 13.6. The van der Waals surface area contributed by atoms with Gasteiger partial charge in [-0.2, -0.15) is 0 Å². The van der Waals surface area contributed by atoms with Gasteiger partial charge >= 0.3 is 0 Å². The minimum absolute atomic E-state index is 0.742. The standard InChI is InChI=1S/C17H33N3/c1-4-19-9-5-6-15(11-19)20-12-16(14-7-8-14)18-10-17(20)13(2)3/h13-18H,4-12H2,1-3H3. The van der Waals surface area contributed by atoms with E-state index in [1.54, 1.807) is 0 Å². The van der Waals surface area contributed by atoms with Gasteiger partial charge in [-0.05, 0) is 50.6 Å². The van der Waals surface area contributed by atoms with E-state index in [9.17, 15) is 0 Å². The average Bonchev–Trinajstić information content (AvgIpc) is 3.31. The minimum atomic E-state index is 0.742. The topological polar surface area (TPSA) is 18.5 Å². The molecule has 2 heterocycles. The first kappa shape index (κ1) is 14.8. The highest BCUT2D eigenvalue weighted by Crippen LogP contribution is 2.36. The Hall–Kier alpha value is -0.120. The van der Waals surface area contributed by atoms with E-state index >= 15 is 0 Å². The quantitative estimate of drug-likeness (QED) is 0.851. The predicted octanol–water partition coefficient (Wildman–Crippen LogP) is 2.18. The summed E-state index contributed by atoms with van der Waals surface area (Å²) in [6.07, 6.45) is 5.73. The van der Waals surface area contributed by atoms with Gasteiger partial charge in [0.25, 0.3) is 0 Å². The summed E-state index contributed by atoms with van der Waals surface area (Å²) in [4.78, 5) is 5.55. The summed E-state index contributed by atoms with van der Waals surface area (Å²) in [7, 11) is 0. The number of nitrogens with zero attached hydrogens (tertiary/aromatic N) is 2. The molecule has 0 aromatic rings. The smallest absolute Gasteiger partial charge is 0.0247 e. The molecule has 0 aromatic carbocycles. The molecule has 3 unspecified atom stereocenters. The third-order valence-electron chi connectivity index (χ3n) is 5.78. The van der Waals surface area contributed by atoms with Crippen LogP contribution in [-0.2, 0) is 0 Å². The van der Waals surface area contributed by atoms with Crippen LogP contribution in [0.1, 0.15) is 46.5 Å².